The molecule has 0 amide bonds. The van der Waals surface area contributed by atoms with Gasteiger partial charge in [-0.25, -0.2) is 4.98 Å². The number of nitrogens with zero attached hydrogens (tertiary/aromatic N) is 2. The van der Waals surface area contributed by atoms with Gasteiger partial charge in [0.2, 0.25) is 0 Å². The summed E-state index contributed by atoms with van der Waals surface area (Å²) in [7, 11) is 0. The number of rotatable bonds is 6. The first-order valence-electron chi connectivity index (χ1n) is 6.70. The van der Waals surface area contributed by atoms with Gasteiger partial charge in [-0.1, -0.05) is 26.2 Å². The van der Waals surface area contributed by atoms with Crippen molar-refractivity contribution < 1.29 is 4.79 Å². The third-order valence-electron chi connectivity index (χ3n) is 3.16. The number of imidazole rings is 1. The van der Waals surface area contributed by atoms with E-state index in [1.807, 2.05) is 35.9 Å². The molecule has 2 rings (SSSR count). The fourth-order valence-corrected chi connectivity index (χ4v) is 2.20. The minimum absolute atomic E-state index is 0.210. The van der Waals surface area contributed by atoms with E-state index in [1.165, 1.54) is 12.8 Å². The standard InChI is InChI=1S/C15H20N2O/c1-3-4-5-6-9-14(18)13-8-7-10-17-11-12(2)16-15(13)17/h7-8,10-11H,3-6,9H2,1-2H3. The Hall–Kier alpha value is -1.64. The monoisotopic (exact) mass is 244 g/mol. The summed E-state index contributed by atoms with van der Waals surface area (Å²) in [6, 6.07) is 3.79. The summed E-state index contributed by atoms with van der Waals surface area (Å²) in [5.74, 6) is 0.210. The molecular weight excluding hydrogens is 224 g/mol. The molecule has 0 saturated heterocycles. The molecule has 3 nitrogen and oxygen atoms in total. The Morgan fingerprint density at radius 2 is 2.17 bits per heavy atom. The molecule has 0 spiro atoms. The number of aryl methyl sites for hydroxylation is 1. The molecule has 2 aromatic heterocycles. The van der Waals surface area contributed by atoms with Crippen LogP contribution < -0.4 is 0 Å². The number of Topliss-reactive ketones (excluding diaryl/α,β-unsaturated/α-hetero) is 1. The number of ketones is 1. The summed E-state index contributed by atoms with van der Waals surface area (Å²) in [6.45, 7) is 4.12. The minimum atomic E-state index is 0.210. The van der Waals surface area contributed by atoms with Crippen molar-refractivity contribution in [3.63, 3.8) is 0 Å². The van der Waals surface area contributed by atoms with Gasteiger partial charge in [-0.2, -0.15) is 0 Å². The Balaban J connectivity index is 2.12. The van der Waals surface area contributed by atoms with Gasteiger partial charge in [-0.05, 0) is 25.5 Å². The summed E-state index contributed by atoms with van der Waals surface area (Å²) in [6.07, 6.45) is 9.04. The lowest BCUT2D eigenvalue weighted by Gasteiger charge is -2.03. The van der Waals surface area contributed by atoms with Gasteiger partial charge in [0.15, 0.2) is 5.78 Å². The molecule has 18 heavy (non-hydrogen) atoms. The van der Waals surface area contributed by atoms with Crippen molar-refractivity contribution in [1.82, 2.24) is 9.38 Å². The zero-order valence-corrected chi connectivity index (χ0v) is 11.1. The number of carbonyl (C=O) groups is 1. The van der Waals surface area contributed by atoms with Gasteiger partial charge in [0.05, 0.1) is 11.3 Å². The lowest BCUT2D eigenvalue weighted by Crippen LogP contribution is -2.02. The second-order valence-corrected chi connectivity index (χ2v) is 4.77. The highest BCUT2D eigenvalue weighted by Crippen LogP contribution is 2.15. The summed E-state index contributed by atoms with van der Waals surface area (Å²) in [4.78, 5) is 16.6. The lowest BCUT2D eigenvalue weighted by molar-refractivity contribution is 0.0980. The SMILES string of the molecule is CCCCCCC(=O)c1cccn2cc(C)nc12. The van der Waals surface area contributed by atoms with Gasteiger partial charge in [0, 0.05) is 18.8 Å². The van der Waals surface area contributed by atoms with Crippen molar-refractivity contribution in [2.24, 2.45) is 0 Å². The molecule has 0 saturated carbocycles. The summed E-state index contributed by atoms with van der Waals surface area (Å²) < 4.78 is 1.93. The van der Waals surface area contributed by atoms with Crippen LogP contribution in [0.5, 0.6) is 0 Å². The molecule has 0 aliphatic rings. The fraction of sp³-hybridized carbons (Fsp3) is 0.467. The van der Waals surface area contributed by atoms with Gasteiger partial charge >= 0.3 is 0 Å². The zero-order chi connectivity index (χ0) is 13.0. The van der Waals surface area contributed by atoms with Gasteiger partial charge in [-0.3, -0.25) is 4.79 Å². The maximum absolute atomic E-state index is 12.2. The van der Waals surface area contributed by atoms with Gasteiger partial charge in [0.1, 0.15) is 5.65 Å². The molecule has 2 heterocycles. The number of hydrogen-bond donors (Lipinski definition) is 0. The second kappa shape index (κ2) is 5.80. The molecule has 96 valence electrons. The molecule has 0 bridgehead atoms. The van der Waals surface area contributed by atoms with E-state index in [1.54, 1.807) is 0 Å². The van der Waals surface area contributed by atoms with Crippen LogP contribution in [0.1, 0.15) is 55.1 Å². The second-order valence-electron chi connectivity index (χ2n) is 4.77. The van der Waals surface area contributed by atoms with Crippen molar-refractivity contribution in [3.05, 3.63) is 35.8 Å². The number of pyridine rings is 1. The van der Waals surface area contributed by atoms with Crippen molar-refractivity contribution in [1.29, 1.82) is 0 Å². The van der Waals surface area contributed by atoms with E-state index in [9.17, 15) is 4.79 Å². The maximum atomic E-state index is 12.2. The van der Waals surface area contributed by atoms with E-state index in [2.05, 4.69) is 11.9 Å². The third kappa shape index (κ3) is 2.78. The molecule has 3 heteroatoms. The maximum Gasteiger partial charge on any atom is 0.166 e. The molecule has 2 aromatic rings. The normalized spacial score (nSPS) is 11.0. The predicted octanol–water partition coefficient (Wildman–Crippen LogP) is 3.80. The highest BCUT2D eigenvalue weighted by atomic mass is 16.1. The number of aromatic nitrogens is 2. The highest BCUT2D eigenvalue weighted by Gasteiger charge is 2.11. The number of unbranched alkanes of at least 4 members (excludes halogenated alkanes) is 3. The van der Waals surface area contributed by atoms with Crippen molar-refractivity contribution in [3.8, 4) is 0 Å². The molecule has 0 fully saturated rings. The van der Waals surface area contributed by atoms with E-state index < -0.39 is 0 Å². The Morgan fingerprint density at radius 1 is 1.33 bits per heavy atom. The Labute approximate surface area is 108 Å². The highest BCUT2D eigenvalue weighted by molar-refractivity contribution is 6.01. The van der Waals surface area contributed by atoms with Crippen LogP contribution in [0.25, 0.3) is 5.65 Å². The van der Waals surface area contributed by atoms with Gasteiger partial charge in [-0.15, -0.1) is 0 Å². The molecule has 0 N–H and O–H groups in total. The quantitative estimate of drug-likeness (QED) is 0.572. The average molecular weight is 244 g/mol. The Kier molecular flexibility index (Phi) is 4.13. The topological polar surface area (TPSA) is 34.4 Å². The van der Waals surface area contributed by atoms with Gasteiger partial charge < -0.3 is 4.40 Å². The van der Waals surface area contributed by atoms with E-state index in [4.69, 9.17) is 0 Å². The Bertz CT molecular complexity index is 542. The average Bonchev–Trinajstić information content (AvgIpc) is 2.74. The van der Waals surface area contributed by atoms with Crippen LogP contribution in [0.15, 0.2) is 24.5 Å². The van der Waals surface area contributed by atoms with Crippen LogP contribution in [0.4, 0.5) is 0 Å². The molecule has 0 atom stereocenters. The molecule has 0 aliphatic heterocycles. The van der Waals surface area contributed by atoms with E-state index >= 15 is 0 Å². The molecule has 0 unspecified atom stereocenters. The molecular formula is C15H20N2O. The smallest absolute Gasteiger partial charge is 0.166 e. The third-order valence-corrected chi connectivity index (χ3v) is 3.16. The first kappa shape index (κ1) is 12.8. The van der Waals surface area contributed by atoms with Crippen LogP contribution in [0, 0.1) is 6.92 Å². The van der Waals surface area contributed by atoms with Crippen LogP contribution in [-0.2, 0) is 0 Å². The van der Waals surface area contributed by atoms with Crippen molar-refractivity contribution >= 4 is 11.4 Å². The van der Waals surface area contributed by atoms with Crippen molar-refractivity contribution in [2.75, 3.05) is 0 Å². The number of carbonyl (C=O) groups excluding carboxylic acids is 1. The van der Waals surface area contributed by atoms with E-state index in [0.717, 1.165) is 29.7 Å². The van der Waals surface area contributed by atoms with Gasteiger partial charge in [0.25, 0.3) is 0 Å². The summed E-state index contributed by atoms with van der Waals surface area (Å²) in [5.41, 5.74) is 2.49. The molecule has 0 aliphatic carbocycles. The fourth-order valence-electron chi connectivity index (χ4n) is 2.20. The predicted molar refractivity (Wildman–Crippen MR) is 73.0 cm³/mol. The first-order chi connectivity index (χ1) is 8.72. The lowest BCUT2D eigenvalue weighted by atomic mass is 10.1. The van der Waals surface area contributed by atoms with Crippen LogP contribution in [-0.4, -0.2) is 15.2 Å². The van der Waals surface area contributed by atoms with Crippen LogP contribution >= 0.6 is 0 Å². The Morgan fingerprint density at radius 3 is 2.94 bits per heavy atom. The minimum Gasteiger partial charge on any atom is -0.306 e. The largest absolute Gasteiger partial charge is 0.306 e. The van der Waals surface area contributed by atoms with E-state index in [0.29, 0.717) is 6.42 Å². The molecule has 0 aromatic carbocycles. The van der Waals surface area contributed by atoms with Crippen LogP contribution in [0.3, 0.4) is 0 Å². The summed E-state index contributed by atoms with van der Waals surface area (Å²) >= 11 is 0. The number of hydrogen-bond acceptors (Lipinski definition) is 2. The zero-order valence-electron chi connectivity index (χ0n) is 11.1. The summed E-state index contributed by atoms with van der Waals surface area (Å²) in [5, 5.41) is 0. The van der Waals surface area contributed by atoms with Crippen LogP contribution in [0.2, 0.25) is 0 Å². The molecule has 0 radical (unpaired) electrons. The van der Waals surface area contributed by atoms with Crippen molar-refractivity contribution in [2.45, 2.75) is 46.0 Å². The van der Waals surface area contributed by atoms with E-state index in [-0.39, 0.29) is 5.78 Å². The number of fused-ring (bicyclic) bond motifs is 1. The first-order valence-corrected chi connectivity index (χ1v) is 6.70.